The summed E-state index contributed by atoms with van der Waals surface area (Å²) in [5.74, 6) is 0.526. The molecular formula is C25H27N3O3. The highest BCUT2D eigenvalue weighted by Gasteiger charge is 2.36. The van der Waals surface area contributed by atoms with E-state index in [1.54, 1.807) is 4.90 Å². The van der Waals surface area contributed by atoms with E-state index in [1.807, 2.05) is 58.9 Å². The van der Waals surface area contributed by atoms with Gasteiger partial charge >= 0.3 is 0 Å². The topological polar surface area (TPSA) is 54.8 Å². The molecule has 2 aliphatic rings. The summed E-state index contributed by atoms with van der Waals surface area (Å²) < 4.78 is 8.10. The summed E-state index contributed by atoms with van der Waals surface area (Å²) in [4.78, 5) is 30.2. The van der Waals surface area contributed by atoms with E-state index in [1.165, 1.54) is 0 Å². The molecule has 0 radical (unpaired) electrons. The first kappa shape index (κ1) is 19.7. The number of carbonyl (C=O) groups excluding carboxylic acids is 2. The highest BCUT2D eigenvalue weighted by Crippen LogP contribution is 2.34. The van der Waals surface area contributed by atoms with Crippen LogP contribution in [0.3, 0.4) is 0 Å². The molecule has 6 nitrogen and oxygen atoms in total. The number of likely N-dealkylation sites (tertiary alicyclic amines) is 1. The lowest BCUT2D eigenvalue weighted by atomic mass is 10.1. The summed E-state index contributed by atoms with van der Waals surface area (Å²) in [5, 5.41) is 1.12. The van der Waals surface area contributed by atoms with Crippen molar-refractivity contribution in [3.8, 4) is 5.75 Å². The number of para-hydroxylation sites is 3. The molecule has 3 heterocycles. The number of piperidine rings is 1. The quantitative estimate of drug-likeness (QED) is 0.652. The van der Waals surface area contributed by atoms with Gasteiger partial charge in [0, 0.05) is 24.3 Å². The van der Waals surface area contributed by atoms with Crippen molar-refractivity contribution in [1.29, 1.82) is 0 Å². The normalized spacial score (nSPS) is 18.5. The van der Waals surface area contributed by atoms with Crippen molar-refractivity contribution in [3.63, 3.8) is 0 Å². The number of benzene rings is 2. The molecular weight excluding hydrogens is 390 g/mol. The molecule has 2 amide bonds. The average molecular weight is 418 g/mol. The fraction of sp³-hybridized carbons (Fsp3) is 0.360. The minimum atomic E-state index is -0.667. The molecule has 3 aromatic rings. The third kappa shape index (κ3) is 3.67. The minimum absolute atomic E-state index is 0.0189. The van der Waals surface area contributed by atoms with Gasteiger partial charge in [-0.05, 0) is 55.8 Å². The Bertz CT molecular complexity index is 1130. The Balaban J connectivity index is 1.43. The van der Waals surface area contributed by atoms with Crippen LogP contribution >= 0.6 is 0 Å². The molecule has 2 aliphatic heterocycles. The maximum absolute atomic E-state index is 13.5. The van der Waals surface area contributed by atoms with Crippen molar-refractivity contribution in [2.75, 3.05) is 24.5 Å². The molecule has 6 heteroatoms. The van der Waals surface area contributed by atoms with Crippen molar-refractivity contribution in [2.24, 2.45) is 0 Å². The Morgan fingerprint density at radius 3 is 2.58 bits per heavy atom. The van der Waals surface area contributed by atoms with Gasteiger partial charge in [-0.25, -0.2) is 0 Å². The van der Waals surface area contributed by atoms with Gasteiger partial charge < -0.3 is 19.1 Å². The van der Waals surface area contributed by atoms with Crippen LogP contribution in [0.5, 0.6) is 5.75 Å². The van der Waals surface area contributed by atoms with Crippen LogP contribution in [0.4, 0.5) is 5.69 Å². The van der Waals surface area contributed by atoms with Crippen LogP contribution in [-0.2, 0) is 16.1 Å². The second kappa shape index (κ2) is 8.10. The summed E-state index contributed by atoms with van der Waals surface area (Å²) in [6.07, 6.45) is 2.54. The molecule has 0 saturated carbocycles. The predicted molar refractivity (Wildman–Crippen MR) is 120 cm³/mol. The number of rotatable bonds is 3. The number of hydrogen-bond donors (Lipinski definition) is 0. The number of nitrogens with zero attached hydrogens (tertiary/aromatic N) is 3. The van der Waals surface area contributed by atoms with E-state index < -0.39 is 6.10 Å². The Morgan fingerprint density at radius 1 is 1.00 bits per heavy atom. The van der Waals surface area contributed by atoms with Crippen molar-refractivity contribution in [1.82, 2.24) is 9.47 Å². The minimum Gasteiger partial charge on any atom is -0.476 e. The van der Waals surface area contributed by atoms with Crippen LogP contribution in [0.25, 0.3) is 10.9 Å². The summed E-state index contributed by atoms with van der Waals surface area (Å²) in [7, 11) is 0. The highest BCUT2D eigenvalue weighted by atomic mass is 16.5. The molecule has 2 aromatic carbocycles. The Kier molecular flexibility index (Phi) is 5.14. The molecule has 1 fully saturated rings. The third-order valence-electron chi connectivity index (χ3n) is 6.33. The van der Waals surface area contributed by atoms with Crippen LogP contribution < -0.4 is 9.64 Å². The molecule has 160 valence electrons. The molecule has 0 spiro atoms. The van der Waals surface area contributed by atoms with Gasteiger partial charge in [0.15, 0.2) is 6.10 Å². The lowest BCUT2D eigenvalue weighted by Gasteiger charge is -2.37. The van der Waals surface area contributed by atoms with E-state index in [-0.39, 0.29) is 24.9 Å². The first-order valence-corrected chi connectivity index (χ1v) is 11.0. The lowest BCUT2D eigenvalue weighted by molar-refractivity contribution is -0.139. The van der Waals surface area contributed by atoms with Crippen molar-refractivity contribution >= 4 is 28.4 Å². The first-order chi connectivity index (χ1) is 15.1. The van der Waals surface area contributed by atoms with E-state index >= 15 is 0 Å². The molecule has 0 bridgehead atoms. The largest absolute Gasteiger partial charge is 0.476 e. The van der Waals surface area contributed by atoms with Crippen molar-refractivity contribution in [3.05, 3.63) is 60.3 Å². The molecule has 31 heavy (non-hydrogen) atoms. The van der Waals surface area contributed by atoms with Gasteiger partial charge in [-0.15, -0.1) is 0 Å². The molecule has 0 unspecified atom stereocenters. The van der Waals surface area contributed by atoms with Gasteiger partial charge in [0.25, 0.3) is 5.91 Å². The van der Waals surface area contributed by atoms with E-state index in [0.717, 1.165) is 54.6 Å². The Labute approximate surface area is 182 Å². The van der Waals surface area contributed by atoms with E-state index in [0.29, 0.717) is 5.75 Å². The fourth-order valence-corrected chi connectivity index (χ4v) is 4.70. The third-order valence-corrected chi connectivity index (χ3v) is 6.33. The van der Waals surface area contributed by atoms with Crippen molar-refractivity contribution < 1.29 is 14.3 Å². The zero-order chi connectivity index (χ0) is 21.4. The van der Waals surface area contributed by atoms with E-state index in [2.05, 4.69) is 12.1 Å². The summed E-state index contributed by atoms with van der Waals surface area (Å²) >= 11 is 0. The second-order valence-corrected chi connectivity index (χ2v) is 8.40. The number of hydrogen-bond acceptors (Lipinski definition) is 3. The van der Waals surface area contributed by atoms with Crippen LogP contribution in [0.1, 0.15) is 25.0 Å². The van der Waals surface area contributed by atoms with Crippen LogP contribution in [0, 0.1) is 6.92 Å². The smallest absolute Gasteiger partial charge is 0.265 e. The summed E-state index contributed by atoms with van der Waals surface area (Å²) in [6, 6.07) is 17.7. The highest BCUT2D eigenvalue weighted by molar-refractivity contribution is 5.98. The number of carbonyl (C=O) groups is 2. The monoisotopic (exact) mass is 417 g/mol. The summed E-state index contributed by atoms with van der Waals surface area (Å²) in [6.45, 7) is 4.01. The van der Waals surface area contributed by atoms with Crippen LogP contribution in [-0.4, -0.2) is 47.0 Å². The molecule has 1 aromatic heterocycles. The molecule has 0 aliphatic carbocycles. The van der Waals surface area contributed by atoms with E-state index in [4.69, 9.17) is 4.74 Å². The number of ether oxygens (including phenoxy) is 1. The van der Waals surface area contributed by atoms with Gasteiger partial charge in [0.2, 0.25) is 5.91 Å². The average Bonchev–Trinajstić information content (AvgIpc) is 3.13. The van der Waals surface area contributed by atoms with Gasteiger partial charge in [-0.2, -0.15) is 0 Å². The second-order valence-electron chi connectivity index (χ2n) is 8.40. The standard InChI is InChI=1S/C25H27N3O3/c1-18-15-19-9-3-4-10-20(19)27(18)17-24(29)28-16-23(25(30)26-13-7-2-8-14-26)31-22-12-6-5-11-21(22)28/h3-6,9-12,15,23H,2,7-8,13-14,16-17H2,1H3/t23-/m1/s1. The van der Waals surface area contributed by atoms with Crippen LogP contribution in [0.15, 0.2) is 54.6 Å². The number of aryl methyl sites for hydroxylation is 1. The van der Waals surface area contributed by atoms with Crippen LogP contribution in [0.2, 0.25) is 0 Å². The maximum Gasteiger partial charge on any atom is 0.265 e. The molecule has 5 rings (SSSR count). The summed E-state index contributed by atoms with van der Waals surface area (Å²) in [5.41, 5.74) is 2.80. The lowest BCUT2D eigenvalue weighted by Crippen LogP contribution is -2.53. The van der Waals surface area contributed by atoms with E-state index in [9.17, 15) is 9.59 Å². The zero-order valence-corrected chi connectivity index (χ0v) is 17.8. The fourth-order valence-electron chi connectivity index (χ4n) is 4.70. The first-order valence-electron chi connectivity index (χ1n) is 11.0. The zero-order valence-electron chi connectivity index (χ0n) is 17.8. The van der Waals surface area contributed by atoms with Gasteiger partial charge in [0.05, 0.1) is 12.2 Å². The van der Waals surface area contributed by atoms with Gasteiger partial charge in [0.1, 0.15) is 12.3 Å². The van der Waals surface area contributed by atoms with Crippen molar-refractivity contribution in [2.45, 2.75) is 38.8 Å². The van der Waals surface area contributed by atoms with Gasteiger partial charge in [-0.3, -0.25) is 9.59 Å². The molecule has 1 atom stereocenters. The Morgan fingerprint density at radius 2 is 1.74 bits per heavy atom. The SMILES string of the molecule is Cc1cc2ccccc2n1CC(=O)N1C[C@H](C(=O)N2CCCCC2)Oc2ccccc21. The Hall–Kier alpha value is -3.28. The van der Waals surface area contributed by atoms with Gasteiger partial charge in [-0.1, -0.05) is 30.3 Å². The number of anilines is 1. The number of aromatic nitrogens is 1. The molecule has 0 N–H and O–H groups in total. The maximum atomic E-state index is 13.5. The number of fused-ring (bicyclic) bond motifs is 2. The molecule has 1 saturated heterocycles. The predicted octanol–water partition coefficient (Wildman–Crippen LogP) is 3.76. The number of amides is 2.